The molecule has 6 nitrogen and oxygen atoms in total. The average Bonchev–Trinajstić information content (AvgIpc) is 2.89. The number of hydrogen-bond acceptors (Lipinski definition) is 5. The highest BCUT2D eigenvalue weighted by Crippen LogP contribution is 2.40. The van der Waals surface area contributed by atoms with Crippen molar-refractivity contribution in [2.45, 2.75) is 51.6 Å². The molecule has 0 spiro atoms. The Balaban J connectivity index is 1.37. The second-order valence-electron chi connectivity index (χ2n) is 10.2. The molecule has 204 valence electrons. The van der Waals surface area contributed by atoms with E-state index in [9.17, 15) is 28.2 Å². The Labute approximate surface area is 220 Å². The molecule has 0 radical (unpaired) electrons. The molecule has 0 unspecified atom stereocenters. The maximum Gasteiger partial charge on any atom is 0.309 e. The number of aliphatic hydroxyl groups excluding tert-OH is 1. The largest absolute Gasteiger partial charge is 0.497 e. The molecule has 4 rings (SSSR count). The van der Waals surface area contributed by atoms with Crippen LogP contribution in [0.5, 0.6) is 5.75 Å². The molecule has 9 heteroatoms. The van der Waals surface area contributed by atoms with E-state index in [0.717, 1.165) is 22.0 Å². The van der Waals surface area contributed by atoms with Crippen LogP contribution in [0.3, 0.4) is 0 Å². The molecule has 1 aliphatic heterocycles. The van der Waals surface area contributed by atoms with E-state index in [1.165, 1.54) is 0 Å². The molecule has 1 saturated heterocycles. The van der Waals surface area contributed by atoms with Crippen LogP contribution in [0.1, 0.15) is 54.9 Å². The number of methoxy groups -OCH3 is 1. The van der Waals surface area contributed by atoms with E-state index in [1.54, 1.807) is 19.4 Å². The van der Waals surface area contributed by atoms with Gasteiger partial charge in [0.05, 0.1) is 24.1 Å². The Kier molecular flexibility index (Phi) is 8.57. The Bertz CT molecular complexity index is 1290. The number of piperidine rings is 1. The quantitative estimate of drug-likeness (QED) is 0.356. The minimum Gasteiger partial charge on any atom is -0.497 e. The Hall–Kier alpha value is -3.17. The number of likely N-dealkylation sites (tertiary alicyclic amines) is 1. The van der Waals surface area contributed by atoms with Crippen LogP contribution in [0.25, 0.3) is 10.9 Å². The first-order chi connectivity index (χ1) is 18.1. The number of fused-ring (bicyclic) bond motifs is 1. The molecular weight excluding hydrogens is 497 g/mol. The third-order valence-corrected chi connectivity index (χ3v) is 7.82. The van der Waals surface area contributed by atoms with Gasteiger partial charge in [-0.1, -0.05) is 0 Å². The normalized spacial score (nSPS) is 16.5. The van der Waals surface area contributed by atoms with Crippen molar-refractivity contribution in [3.8, 4) is 5.75 Å². The predicted octanol–water partition coefficient (Wildman–Crippen LogP) is 5.58. The second kappa shape index (κ2) is 11.7. The van der Waals surface area contributed by atoms with E-state index in [2.05, 4.69) is 9.88 Å². The number of carbonyl (C=O) groups is 1. The van der Waals surface area contributed by atoms with Crippen molar-refractivity contribution in [1.29, 1.82) is 0 Å². The number of benzene rings is 2. The van der Waals surface area contributed by atoms with Gasteiger partial charge < -0.3 is 19.8 Å². The van der Waals surface area contributed by atoms with Gasteiger partial charge in [-0.05, 0) is 94.4 Å². The minimum absolute atomic E-state index is 0.131. The van der Waals surface area contributed by atoms with Crippen molar-refractivity contribution in [2.24, 2.45) is 5.41 Å². The first-order valence-corrected chi connectivity index (χ1v) is 12.8. The third kappa shape index (κ3) is 5.94. The number of nitrogens with zero attached hydrogens (tertiary/aromatic N) is 2. The molecule has 38 heavy (non-hydrogen) atoms. The fourth-order valence-corrected chi connectivity index (χ4v) is 5.48. The zero-order valence-electron chi connectivity index (χ0n) is 21.6. The summed E-state index contributed by atoms with van der Waals surface area (Å²) >= 11 is 0. The summed E-state index contributed by atoms with van der Waals surface area (Å²) in [4.78, 5) is 18.9. The fourth-order valence-electron chi connectivity index (χ4n) is 5.48. The summed E-state index contributed by atoms with van der Waals surface area (Å²) in [5.74, 6) is -2.95. The number of carboxylic acids is 1. The third-order valence-electron chi connectivity index (χ3n) is 7.82. The Morgan fingerprint density at radius 2 is 1.84 bits per heavy atom. The Morgan fingerprint density at radius 3 is 2.47 bits per heavy atom. The van der Waals surface area contributed by atoms with E-state index in [0.29, 0.717) is 63.2 Å². The van der Waals surface area contributed by atoms with Gasteiger partial charge in [-0.15, -0.1) is 0 Å². The van der Waals surface area contributed by atoms with Gasteiger partial charge in [0.1, 0.15) is 23.2 Å². The molecule has 2 N–H and O–H groups in total. The molecule has 0 aliphatic carbocycles. The van der Waals surface area contributed by atoms with E-state index in [-0.39, 0.29) is 18.4 Å². The van der Waals surface area contributed by atoms with Crippen LogP contribution in [-0.4, -0.2) is 52.8 Å². The van der Waals surface area contributed by atoms with Crippen LogP contribution in [0.2, 0.25) is 0 Å². The monoisotopic (exact) mass is 530 g/mol. The number of aromatic nitrogens is 1. The lowest BCUT2D eigenvalue weighted by Gasteiger charge is -2.39. The SMILES string of the molecule is COc1ccc2ncc(C)c([C@@H](O)CCC3(C(=O)O)CCN(CCCc4c(F)cc(F)cc4F)CC3)c2c1. The molecule has 0 bridgehead atoms. The maximum atomic E-state index is 13.9. The van der Waals surface area contributed by atoms with Crippen LogP contribution in [0.15, 0.2) is 36.5 Å². The van der Waals surface area contributed by atoms with Crippen molar-refractivity contribution in [3.05, 3.63) is 70.7 Å². The van der Waals surface area contributed by atoms with E-state index in [4.69, 9.17) is 4.74 Å². The lowest BCUT2D eigenvalue weighted by molar-refractivity contribution is -0.153. The predicted molar refractivity (Wildman–Crippen MR) is 138 cm³/mol. The standard InChI is InChI=1S/C29H33F3N2O4/c1-18-17-33-25-6-5-20(38-2)16-22(25)27(18)26(35)7-8-29(28(36)37)9-12-34(13-10-29)11-3-4-21-23(31)14-19(30)15-24(21)32/h5-6,14-17,26,35H,3-4,7-13H2,1-2H3,(H,36,37)/t26-/m0/s1. The number of hydrogen-bond donors (Lipinski definition) is 2. The highest BCUT2D eigenvalue weighted by Gasteiger charge is 2.41. The van der Waals surface area contributed by atoms with Crippen molar-refractivity contribution >= 4 is 16.9 Å². The highest BCUT2D eigenvalue weighted by molar-refractivity contribution is 5.85. The highest BCUT2D eigenvalue weighted by atomic mass is 19.1. The molecule has 3 aromatic rings. The topological polar surface area (TPSA) is 82.9 Å². The summed E-state index contributed by atoms with van der Waals surface area (Å²) in [6, 6.07) is 6.84. The van der Waals surface area contributed by atoms with E-state index < -0.39 is 34.9 Å². The van der Waals surface area contributed by atoms with Gasteiger partial charge in [0.25, 0.3) is 0 Å². The lowest BCUT2D eigenvalue weighted by atomic mass is 9.73. The average molecular weight is 531 g/mol. The lowest BCUT2D eigenvalue weighted by Crippen LogP contribution is -2.44. The van der Waals surface area contributed by atoms with Crippen LogP contribution in [0.4, 0.5) is 13.2 Å². The number of aliphatic hydroxyl groups is 1. The molecule has 0 saturated carbocycles. The number of aliphatic carboxylic acids is 1. The summed E-state index contributed by atoms with van der Waals surface area (Å²) in [6.45, 7) is 3.49. The second-order valence-corrected chi connectivity index (χ2v) is 10.2. The summed E-state index contributed by atoms with van der Waals surface area (Å²) in [5, 5.41) is 22.1. The zero-order valence-corrected chi connectivity index (χ0v) is 21.6. The van der Waals surface area contributed by atoms with Gasteiger partial charge in [0, 0.05) is 29.3 Å². The van der Waals surface area contributed by atoms with Crippen molar-refractivity contribution in [1.82, 2.24) is 9.88 Å². The zero-order chi connectivity index (χ0) is 27.4. The van der Waals surface area contributed by atoms with Crippen molar-refractivity contribution < 1.29 is 32.9 Å². The molecule has 2 aromatic carbocycles. The van der Waals surface area contributed by atoms with Crippen LogP contribution in [-0.2, 0) is 11.2 Å². The van der Waals surface area contributed by atoms with Gasteiger partial charge in [-0.25, -0.2) is 13.2 Å². The Morgan fingerprint density at radius 1 is 1.16 bits per heavy atom. The number of halogens is 3. The number of carboxylic acid groups (broad SMARTS) is 1. The van der Waals surface area contributed by atoms with Crippen molar-refractivity contribution in [3.63, 3.8) is 0 Å². The van der Waals surface area contributed by atoms with Gasteiger partial charge in [0.2, 0.25) is 0 Å². The van der Waals surface area contributed by atoms with Gasteiger partial charge in [-0.3, -0.25) is 9.78 Å². The summed E-state index contributed by atoms with van der Waals surface area (Å²) in [6.07, 6.45) is 2.88. The molecule has 1 aliphatic rings. The fraction of sp³-hybridized carbons (Fsp3) is 0.448. The summed E-state index contributed by atoms with van der Waals surface area (Å²) < 4.78 is 46.3. The molecular formula is C29H33F3N2O4. The van der Waals surface area contributed by atoms with Crippen LogP contribution < -0.4 is 4.74 Å². The molecule has 2 heterocycles. The van der Waals surface area contributed by atoms with Crippen molar-refractivity contribution in [2.75, 3.05) is 26.7 Å². The molecule has 1 fully saturated rings. The number of pyridine rings is 1. The number of ether oxygens (including phenoxy) is 1. The smallest absolute Gasteiger partial charge is 0.309 e. The summed E-state index contributed by atoms with van der Waals surface area (Å²) in [5.41, 5.74) is 1.20. The molecule has 1 atom stereocenters. The van der Waals surface area contributed by atoms with E-state index in [1.807, 2.05) is 19.1 Å². The summed E-state index contributed by atoms with van der Waals surface area (Å²) in [7, 11) is 1.57. The molecule has 1 aromatic heterocycles. The van der Waals surface area contributed by atoms with Gasteiger partial charge >= 0.3 is 5.97 Å². The number of aryl methyl sites for hydroxylation is 1. The van der Waals surface area contributed by atoms with Crippen LogP contribution in [0, 0.1) is 29.8 Å². The first-order valence-electron chi connectivity index (χ1n) is 12.8. The van der Waals surface area contributed by atoms with Crippen LogP contribution >= 0.6 is 0 Å². The van der Waals surface area contributed by atoms with E-state index >= 15 is 0 Å². The first kappa shape index (κ1) is 27.9. The van der Waals surface area contributed by atoms with Gasteiger partial charge in [-0.2, -0.15) is 0 Å². The maximum absolute atomic E-state index is 13.9. The number of rotatable bonds is 10. The minimum atomic E-state index is -0.957. The molecule has 0 amide bonds. The van der Waals surface area contributed by atoms with Gasteiger partial charge in [0.15, 0.2) is 0 Å².